The molecule has 1 fully saturated rings. The Morgan fingerprint density at radius 2 is 2.25 bits per heavy atom. The highest BCUT2D eigenvalue weighted by Crippen LogP contribution is 2.32. The molecule has 1 aromatic rings. The maximum Gasteiger partial charge on any atom is 0.123 e. The van der Waals surface area contributed by atoms with E-state index in [1.165, 1.54) is 6.07 Å². The molecule has 1 unspecified atom stereocenters. The molecule has 1 atom stereocenters. The predicted molar refractivity (Wildman–Crippen MR) is 61.5 cm³/mol. The second kappa shape index (κ2) is 4.93. The first kappa shape index (κ1) is 11.6. The minimum absolute atomic E-state index is 0.200. The van der Waals surface area contributed by atoms with Gasteiger partial charge in [-0.25, -0.2) is 4.39 Å². The van der Waals surface area contributed by atoms with E-state index < -0.39 is 0 Å². The fourth-order valence-corrected chi connectivity index (χ4v) is 1.96. The number of nitrogens with zero attached hydrogens (tertiary/aromatic N) is 1. The van der Waals surface area contributed by atoms with Crippen LogP contribution in [0.3, 0.4) is 0 Å². The zero-order chi connectivity index (χ0) is 11.5. The summed E-state index contributed by atoms with van der Waals surface area (Å²) in [4.78, 5) is 2.04. The van der Waals surface area contributed by atoms with Gasteiger partial charge in [0.1, 0.15) is 5.82 Å². The highest BCUT2D eigenvalue weighted by atomic mass is 19.1. The van der Waals surface area contributed by atoms with Crippen LogP contribution in [0.15, 0.2) is 24.3 Å². The maximum atomic E-state index is 13.0. The lowest BCUT2D eigenvalue weighted by molar-refractivity contribution is 0.104. The van der Waals surface area contributed by atoms with E-state index in [1.54, 1.807) is 12.1 Å². The van der Waals surface area contributed by atoms with Crippen molar-refractivity contribution in [2.75, 3.05) is 13.6 Å². The second-order valence-electron chi connectivity index (χ2n) is 4.73. The third-order valence-corrected chi connectivity index (χ3v) is 3.01. The third kappa shape index (κ3) is 3.29. The Bertz CT molecular complexity index is 352. The number of aliphatic hydroxyl groups excluding tert-OH is 1. The van der Waals surface area contributed by atoms with Gasteiger partial charge in [-0.05, 0) is 43.5 Å². The van der Waals surface area contributed by atoms with Crippen molar-refractivity contribution in [2.45, 2.75) is 25.5 Å². The fraction of sp³-hybridized carbons (Fsp3) is 0.538. The lowest BCUT2D eigenvalue weighted by Gasteiger charge is -2.20. The summed E-state index contributed by atoms with van der Waals surface area (Å²) in [6, 6.07) is 6.61. The smallest absolute Gasteiger partial charge is 0.123 e. The molecule has 1 aliphatic rings. The van der Waals surface area contributed by atoms with Crippen molar-refractivity contribution in [3.63, 3.8) is 0 Å². The number of rotatable bonds is 5. The lowest BCUT2D eigenvalue weighted by atomic mass is 10.2. The molecule has 88 valence electrons. The Morgan fingerprint density at radius 3 is 2.88 bits per heavy atom. The zero-order valence-corrected chi connectivity index (χ0v) is 9.56. The number of likely N-dealkylation sites (N-methyl/N-ethyl adjacent to an activating group) is 1. The molecule has 0 amide bonds. The number of benzene rings is 1. The number of aliphatic hydroxyl groups is 1. The van der Waals surface area contributed by atoms with Crippen molar-refractivity contribution in [3.8, 4) is 0 Å². The van der Waals surface area contributed by atoms with Crippen LogP contribution in [0.25, 0.3) is 0 Å². The van der Waals surface area contributed by atoms with Gasteiger partial charge < -0.3 is 5.11 Å². The highest BCUT2D eigenvalue weighted by molar-refractivity contribution is 5.16. The SMILES string of the molecule is CN(Cc1cccc(F)c1)CC(O)C1CC1. The van der Waals surface area contributed by atoms with E-state index in [-0.39, 0.29) is 11.9 Å². The molecule has 1 aliphatic carbocycles. The van der Waals surface area contributed by atoms with E-state index in [9.17, 15) is 9.50 Å². The van der Waals surface area contributed by atoms with Crippen LogP contribution in [0.1, 0.15) is 18.4 Å². The number of hydrogen-bond donors (Lipinski definition) is 1. The fourth-order valence-electron chi connectivity index (χ4n) is 1.96. The van der Waals surface area contributed by atoms with Crippen LogP contribution in [0, 0.1) is 11.7 Å². The summed E-state index contributed by atoms with van der Waals surface area (Å²) in [5.41, 5.74) is 0.950. The van der Waals surface area contributed by atoms with E-state index in [0.29, 0.717) is 19.0 Å². The molecule has 0 aromatic heterocycles. The number of hydrogen-bond acceptors (Lipinski definition) is 2. The summed E-state index contributed by atoms with van der Waals surface area (Å²) >= 11 is 0. The molecule has 0 aliphatic heterocycles. The third-order valence-electron chi connectivity index (χ3n) is 3.01. The Labute approximate surface area is 95.7 Å². The van der Waals surface area contributed by atoms with Crippen LogP contribution in [0.2, 0.25) is 0 Å². The Morgan fingerprint density at radius 1 is 1.50 bits per heavy atom. The molecule has 1 aromatic carbocycles. The van der Waals surface area contributed by atoms with Gasteiger partial charge in [-0.15, -0.1) is 0 Å². The van der Waals surface area contributed by atoms with Crippen LogP contribution >= 0.6 is 0 Å². The highest BCUT2D eigenvalue weighted by Gasteiger charge is 2.30. The first-order valence-corrected chi connectivity index (χ1v) is 5.76. The standard InChI is InChI=1S/C13H18FNO/c1-15(9-13(16)11-5-6-11)8-10-3-2-4-12(14)7-10/h2-4,7,11,13,16H,5-6,8-9H2,1H3. The van der Waals surface area contributed by atoms with E-state index >= 15 is 0 Å². The summed E-state index contributed by atoms with van der Waals surface area (Å²) in [5.74, 6) is 0.295. The first-order valence-electron chi connectivity index (χ1n) is 5.76. The second-order valence-corrected chi connectivity index (χ2v) is 4.73. The predicted octanol–water partition coefficient (Wildman–Crippen LogP) is 2.03. The van der Waals surface area contributed by atoms with Gasteiger partial charge in [-0.3, -0.25) is 4.90 Å². The van der Waals surface area contributed by atoms with Gasteiger partial charge in [-0.1, -0.05) is 12.1 Å². The molecular weight excluding hydrogens is 205 g/mol. The van der Waals surface area contributed by atoms with E-state index in [4.69, 9.17) is 0 Å². The normalized spacial score (nSPS) is 17.8. The van der Waals surface area contributed by atoms with Crippen LogP contribution in [0.4, 0.5) is 4.39 Å². The molecule has 0 bridgehead atoms. The molecular formula is C13H18FNO. The Balaban J connectivity index is 1.83. The summed E-state index contributed by atoms with van der Waals surface area (Å²) < 4.78 is 13.0. The van der Waals surface area contributed by atoms with Crippen molar-refractivity contribution in [1.82, 2.24) is 4.90 Å². The van der Waals surface area contributed by atoms with Gasteiger partial charge >= 0.3 is 0 Å². The molecule has 1 N–H and O–H groups in total. The van der Waals surface area contributed by atoms with Crippen molar-refractivity contribution in [3.05, 3.63) is 35.6 Å². The molecule has 16 heavy (non-hydrogen) atoms. The summed E-state index contributed by atoms with van der Waals surface area (Å²) in [5, 5.41) is 9.78. The van der Waals surface area contributed by atoms with Gasteiger partial charge in [0.25, 0.3) is 0 Å². The molecule has 0 heterocycles. The van der Waals surface area contributed by atoms with Gasteiger partial charge in [0, 0.05) is 13.1 Å². The van der Waals surface area contributed by atoms with Crippen LogP contribution in [-0.2, 0) is 6.54 Å². The van der Waals surface area contributed by atoms with E-state index in [1.807, 2.05) is 18.0 Å². The van der Waals surface area contributed by atoms with Crippen molar-refractivity contribution in [1.29, 1.82) is 0 Å². The van der Waals surface area contributed by atoms with Crippen molar-refractivity contribution >= 4 is 0 Å². The minimum atomic E-state index is -0.224. The van der Waals surface area contributed by atoms with Gasteiger partial charge in [0.05, 0.1) is 6.10 Å². The minimum Gasteiger partial charge on any atom is -0.392 e. The molecule has 0 radical (unpaired) electrons. The number of halogens is 1. The van der Waals surface area contributed by atoms with Gasteiger partial charge in [0.2, 0.25) is 0 Å². The monoisotopic (exact) mass is 223 g/mol. The average Bonchev–Trinajstić information content (AvgIpc) is 2.99. The van der Waals surface area contributed by atoms with E-state index in [0.717, 1.165) is 18.4 Å². The summed E-state index contributed by atoms with van der Waals surface area (Å²) in [6.07, 6.45) is 2.07. The summed E-state index contributed by atoms with van der Waals surface area (Å²) in [6.45, 7) is 1.35. The zero-order valence-electron chi connectivity index (χ0n) is 9.56. The largest absolute Gasteiger partial charge is 0.392 e. The molecule has 2 rings (SSSR count). The Hall–Kier alpha value is -0.930. The molecule has 3 heteroatoms. The maximum absolute atomic E-state index is 13.0. The quantitative estimate of drug-likeness (QED) is 0.825. The van der Waals surface area contributed by atoms with Crippen molar-refractivity contribution < 1.29 is 9.50 Å². The topological polar surface area (TPSA) is 23.5 Å². The van der Waals surface area contributed by atoms with Crippen LogP contribution in [-0.4, -0.2) is 29.7 Å². The van der Waals surface area contributed by atoms with Gasteiger partial charge in [0.15, 0.2) is 0 Å². The van der Waals surface area contributed by atoms with E-state index in [2.05, 4.69) is 0 Å². The van der Waals surface area contributed by atoms with Crippen molar-refractivity contribution in [2.24, 2.45) is 5.92 Å². The summed E-state index contributed by atoms with van der Waals surface area (Å²) in [7, 11) is 1.95. The van der Waals surface area contributed by atoms with Crippen LogP contribution in [0.5, 0.6) is 0 Å². The lowest BCUT2D eigenvalue weighted by Crippen LogP contribution is -2.30. The Kier molecular flexibility index (Phi) is 3.56. The molecule has 1 saturated carbocycles. The molecule has 0 saturated heterocycles. The molecule has 0 spiro atoms. The van der Waals surface area contributed by atoms with Crippen LogP contribution < -0.4 is 0 Å². The van der Waals surface area contributed by atoms with Gasteiger partial charge in [-0.2, -0.15) is 0 Å². The average molecular weight is 223 g/mol. The first-order chi connectivity index (χ1) is 7.65. The molecule has 2 nitrogen and oxygen atoms in total.